The fourth-order valence-electron chi connectivity index (χ4n) is 4.73. The van der Waals surface area contributed by atoms with Crippen molar-refractivity contribution in [3.8, 4) is 11.8 Å². The molecule has 1 amide bonds. The first-order valence-corrected chi connectivity index (χ1v) is 14.7. The molecule has 0 spiro atoms. The Balaban J connectivity index is 2.02. The second kappa shape index (κ2) is 17.9. The lowest BCUT2D eigenvalue weighted by Crippen LogP contribution is -2.40. The fourth-order valence-corrected chi connectivity index (χ4v) is 4.73. The summed E-state index contributed by atoms with van der Waals surface area (Å²) in [7, 11) is 1.94. The van der Waals surface area contributed by atoms with E-state index in [4.69, 9.17) is 15.2 Å². The monoisotopic (exact) mass is 555 g/mol. The van der Waals surface area contributed by atoms with Gasteiger partial charge in [0.2, 0.25) is 0 Å². The second-order valence-corrected chi connectivity index (χ2v) is 11.5. The van der Waals surface area contributed by atoms with Crippen molar-refractivity contribution in [2.45, 2.75) is 96.7 Å². The molecule has 0 aromatic heterocycles. The van der Waals surface area contributed by atoms with Crippen LogP contribution in [0.1, 0.15) is 100 Å². The highest BCUT2D eigenvalue weighted by Gasteiger charge is 2.27. The highest BCUT2D eigenvalue weighted by atomic mass is 16.6. The third-order valence-corrected chi connectivity index (χ3v) is 6.89. The molecular formula is C32H49N3O5. The highest BCUT2D eigenvalue weighted by Crippen LogP contribution is 2.22. The SMILES string of the molecule is CN(Cc1c(C#CCCN(CCCCOCCCCN)C(=O)OC(C)(C)C)cccc1C=O)C1CCCCC1=O. The predicted molar refractivity (Wildman–Crippen MR) is 158 cm³/mol. The van der Waals surface area contributed by atoms with Gasteiger partial charge in [0.1, 0.15) is 17.7 Å². The van der Waals surface area contributed by atoms with E-state index < -0.39 is 5.60 Å². The summed E-state index contributed by atoms with van der Waals surface area (Å²) in [5, 5.41) is 0. The van der Waals surface area contributed by atoms with Crippen LogP contribution in [0.4, 0.5) is 4.79 Å². The zero-order valence-corrected chi connectivity index (χ0v) is 25.0. The molecule has 0 radical (unpaired) electrons. The average molecular weight is 556 g/mol. The van der Waals surface area contributed by atoms with Crippen molar-refractivity contribution >= 4 is 18.2 Å². The first-order chi connectivity index (χ1) is 19.2. The number of hydrogen-bond donors (Lipinski definition) is 1. The Morgan fingerprint density at radius 3 is 2.55 bits per heavy atom. The van der Waals surface area contributed by atoms with Crippen LogP contribution in [0.2, 0.25) is 0 Å². The van der Waals surface area contributed by atoms with Crippen LogP contribution in [0.25, 0.3) is 0 Å². The maximum absolute atomic E-state index is 12.8. The van der Waals surface area contributed by atoms with Crippen molar-refractivity contribution in [3.05, 3.63) is 34.9 Å². The van der Waals surface area contributed by atoms with Crippen molar-refractivity contribution in [1.82, 2.24) is 9.80 Å². The molecule has 0 heterocycles. The van der Waals surface area contributed by atoms with E-state index in [1.807, 2.05) is 44.9 Å². The number of ketones is 1. The zero-order valence-electron chi connectivity index (χ0n) is 25.0. The first-order valence-electron chi connectivity index (χ1n) is 14.7. The number of hydrogen-bond acceptors (Lipinski definition) is 7. The molecule has 0 aliphatic heterocycles. The van der Waals surface area contributed by atoms with Crippen molar-refractivity contribution in [1.29, 1.82) is 0 Å². The molecule has 1 aromatic carbocycles. The van der Waals surface area contributed by atoms with Gasteiger partial charge in [-0.15, -0.1) is 0 Å². The molecule has 2 N–H and O–H groups in total. The lowest BCUT2D eigenvalue weighted by Gasteiger charge is -2.30. The van der Waals surface area contributed by atoms with Gasteiger partial charge < -0.3 is 20.1 Å². The number of aldehydes is 1. The quantitative estimate of drug-likeness (QED) is 0.185. The molecule has 40 heavy (non-hydrogen) atoms. The van der Waals surface area contributed by atoms with Gasteiger partial charge >= 0.3 is 6.09 Å². The number of Topliss-reactive ketones (excluding diaryl/α,β-unsaturated/α-hetero) is 1. The number of carbonyl (C=O) groups excluding carboxylic acids is 3. The summed E-state index contributed by atoms with van der Waals surface area (Å²) in [5.74, 6) is 6.69. The number of unbranched alkanes of at least 4 members (excludes halogenated alkanes) is 2. The molecule has 1 atom stereocenters. The number of nitrogens with two attached hydrogens (primary N) is 1. The normalized spacial score (nSPS) is 15.4. The number of amides is 1. The van der Waals surface area contributed by atoms with Crippen molar-refractivity contribution < 1.29 is 23.9 Å². The predicted octanol–water partition coefficient (Wildman–Crippen LogP) is 4.96. The van der Waals surface area contributed by atoms with Gasteiger partial charge in [0.15, 0.2) is 0 Å². The van der Waals surface area contributed by atoms with E-state index >= 15 is 0 Å². The van der Waals surface area contributed by atoms with Crippen LogP contribution >= 0.6 is 0 Å². The smallest absolute Gasteiger partial charge is 0.410 e. The maximum Gasteiger partial charge on any atom is 0.410 e. The van der Waals surface area contributed by atoms with Crippen LogP contribution in [0, 0.1) is 11.8 Å². The van der Waals surface area contributed by atoms with Gasteiger partial charge in [0.05, 0.1) is 6.04 Å². The summed E-state index contributed by atoms with van der Waals surface area (Å²) in [5.41, 5.74) is 7.12. The molecule has 0 bridgehead atoms. The summed E-state index contributed by atoms with van der Waals surface area (Å²) in [6, 6.07) is 5.41. The van der Waals surface area contributed by atoms with Gasteiger partial charge in [-0.3, -0.25) is 14.5 Å². The number of likely N-dealkylation sites (N-methyl/N-ethyl adjacent to an activating group) is 1. The van der Waals surface area contributed by atoms with Crippen LogP contribution in [0.15, 0.2) is 18.2 Å². The van der Waals surface area contributed by atoms with E-state index in [-0.39, 0.29) is 17.9 Å². The Bertz CT molecular complexity index is 1010. The maximum atomic E-state index is 12.8. The van der Waals surface area contributed by atoms with Gasteiger partial charge in [0, 0.05) is 56.8 Å². The highest BCUT2D eigenvalue weighted by molar-refractivity contribution is 5.84. The van der Waals surface area contributed by atoms with Gasteiger partial charge in [-0.1, -0.05) is 30.4 Å². The van der Waals surface area contributed by atoms with Crippen LogP contribution in [-0.4, -0.2) is 79.5 Å². The molecule has 8 heteroatoms. The molecule has 1 aromatic rings. The number of carbonyl (C=O) groups is 3. The van der Waals surface area contributed by atoms with Gasteiger partial charge in [-0.25, -0.2) is 4.79 Å². The van der Waals surface area contributed by atoms with Crippen molar-refractivity contribution in [2.75, 3.05) is 39.9 Å². The third-order valence-electron chi connectivity index (χ3n) is 6.89. The lowest BCUT2D eigenvalue weighted by atomic mass is 9.92. The number of nitrogens with zero attached hydrogens (tertiary/aromatic N) is 2. The van der Waals surface area contributed by atoms with E-state index in [0.717, 1.165) is 62.4 Å². The Morgan fingerprint density at radius 1 is 1.12 bits per heavy atom. The number of rotatable bonds is 15. The standard InChI is InChI=1S/C32H49N3O5/c1-32(2,3)40-31(38)35(21-10-12-23-39-22-11-8-19-33)20-9-7-14-26-15-13-16-27(25-36)28(26)24-34(4)29-17-5-6-18-30(29)37/h13,15-16,25,29H,5-6,8-12,17-24,33H2,1-4H3. The van der Waals surface area contributed by atoms with E-state index in [1.165, 1.54) is 0 Å². The number of benzene rings is 1. The van der Waals surface area contributed by atoms with Gasteiger partial charge in [-0.2, -0.15) is 0 Å². The summed E-state index contributed by atoms with van der Waals surface area (Å²) >= 11 is 0. The molecule has 1 aliphatic rings. The van der Waals surface area contributed by atoms with E-state index in [1.54, 1.807) is 11.0 Å². The molecule has 0 saturated heterocycles. The van der Waals surface area contributed by atoms with E-state index in [9.17, 15) is 14.4 Å². The number of ether oxygens (including phenoxy) is 2. The van der Waals surface area contributed by atoms with Crippen LogP contribution in [0.3, 0.4) is 0 Å². The van der Waals surface area contributed by atoms with E-state index in [0.29, 0.717) is 57.8 Å². The summed E-state index contributed by atoms with van der Waals surface area (Å²) in [6.45, 7) is 9.11. The Labute approximate surface area is 240 Å². The fraction of sp³-hybridized carbons (Fsp3) is 0.656. The summed E-state index contributed by atoms with van der Waals surface area (Å²) in [4.78, 5) is 40.9. The largest absolute Gasteiger partial charge is 0.444 e. The minimum atomic E-state index is -0.580. The van der Waals surface area contributed by atoms with E-state index in [2.05, 4.69) is 11.8 Å². The lowest BCUT2D eigenvalue weighted by molar-refractivity contribution is -0.125. The van der Waals surface area contributed by atoms with Crippen molar-refractivity contribution in [2.24, 2.45) is 5.73 Å². The average Bonchev–Trinajstić information content (AvgIpc) is 2.91. The third kappa shape index (κ3) is 12.2. The summed E-state index contributed by atoms with van der Waals surface area (Å²) in [6.07, 6.45) is 8.02. The second-order valence-electron chi connectivity index (χ2n) is 11.5. The molecule has 1 saturated carbocycles. The van der Waals surface area contributed by atoms with Crippen LogP contribution < -0.4 is 5.73 Å². The Morgan fingerprint density at radius 2 is 1.88 bits per heavy atom. The first kappa shape index (κ1) is 33.5. The van der Waals surface area contributed by atoms with Crippen LogP contribution in [-0.2, 0) is 20.8 Å². The zero-order chi connectivity index (χ0) is 29.4. The van der Waals surface area contributed by atoms with Crippen molar-refractivity contribution in [3.63, 3.8) is 0 Å². The summed E-state index contributed by atoms with van der Waals surface area (Å²) < 4.78 is 11.3. The molecule has 8 nitrogen and oxygen atoms in total. The minimum absolute atomic E-state index is 0.118. The molecule has 222 valence electrons. The minimum Gasteiger partial charge on any atom is -0.444 e. The van der Waals surface area contributed by atoms with Gasteiger partial charge in [-0.05, 0) is 84.5 Å². The molecular weight excluding hydrogens is 506 g/mol. The molecule has 1 fully saturated rings. The molecule has 2 rings (SSSR count). The molecule has 1 unspecified atom stereocenters. The molecule has 1 aliphatic carbocycles. The Kier molecular flexibility index (Phi) is 14.9. The Hall–Kier alpha value is -2.73. The van der Waals surface area contributed by atoms with Crippen LogP contribution in [0.5, 0.6) is 0 Å². The topological polar surface area (TPSA) is 102 Å². The van der Waals surface area contributed by atoms with Gasteiger partial charge in [0.25, 0.3) is 0 Å².